The molecule has 0 aliphatic carbocycles. The van der Waals surface area contributed by atoms with Crippen molar-refractivity contribution in [1.29, 1.82) is 0 Å². The molecule has 6 heteroatoms. The second-order valence-electron chi connectivity index (χ2n) is 11.0. The number of likely N-dealkylation sites (N-methyl/N-ethyl adjacent to an activating group) is 1. The monoisotopic (exact) mass is 491 g/mol. The van der Waals surface area contributed by atoms with Crippen molar-refractivity contribution in [2.24, 2.45) is 0 Å². The van der Waals surface area contributed by atoms with Crippen molar-refractivity contribution in [3.63, 3.8) is 0 Å². The highest BCUT2D eigenvalue weighted by Gasteiger charge is 2.46. The average Bonchev–Trinajstić information content (AvgIpc) is 3.34. The van der Waals surface area contributed by atoms with E-state index in [1.165, 1.54) is 10.5 Å². The summed E-state index contributed by atoms with van der Waals surface area (Å²) in [5.41, 5.74) is 3.67. The summed E-state index contributed by atoms with van der Waals surface area (Å²) >= 11 is 0. The SMILES string of the molecule is CC[NH+](CC)CCN1C(=O)C(=O)C(=C(O)c2ccc3c(c2)C[C@H](C)O3)[C@H]1c1ccc(C(C)(C)C)cc1. The first-order valence-corrected chi connectivity index (χ1v) is 13.1. The predicted molar refractivity (Wildman–Crippen MR) is 141 cm³/mol. The van der Waals surface area contributed by atoms with Crippen LogP contribution in [0, 0.1) is 0 Å². The third-order valence-electron chi connectivity index (χ3n) is 7.51. The maximum Gasteiger partial charge on any atom is 0.295 e. The van der Waals surface area contributed by atoms with E-state index in [2.05, 4.69) is 46.8 Å². The number of ketones is 1. The molecule has 1 saturated heterocycles. The van der Waals surface area contributed by atoms with Crippen molar-refractivity contribution in [3.05, 3.63) is 70.3 Å². The molecule has 2 aromatic rings. The van der Waals surface area contributed by atoms with Gasteiger partial charge in [0, 0.05) is 12.0 Å². The molecule has 0 saturated carbocycles. The first-order chi connectivity index (χ1) is 17.0. The van der Waals surface area contributed by atoms with Gasteiger partial charge in [0.1, 0.15) is 17.6 Å². The minimum absolute atomic E-state index is 0.0178. The van der Waals surface area contributed by atoms with Gasteiger partial charge < -0.3 is 19.6 Å². The van der Waals surface area contributed by atoms with Crippen molar-refractivity contribution in [3.8, 4) is 5.75 Å². The number of rotatable bonds is 7. The molecule has 36 heavy (non-hydrogen) atoms. The average molecular weight is 492 g/mol. The molecule has 0 unspecified atom stereocenters. The molecule has 192 valence electrons. The summed E-state index contributed by atoms with van der Waals surface area (Å²) in [7, 11) is 0. The van der Waals surface area contributed by atoms with E-state index in [1.807, 2.05) is 31.2 Å². The number of hydrogen-bond donors (Lipinski definition) is 2. The van der Waals surface area contributed by atoms with Gasteiger partial charge in [-0.15, -0.1) is 0 Å². The Morgan fingerprint density at radius 2 is 1.75 bits per heavy atom. The fourth-order valence-corrected chi connectivity index (χ4v) is 5.23. The third-order valence-corrected chi connectivity index (χ3v) is 7.51. The van der Waals surface area contributed by atoms with Gasteiger partial charge in [-0.05, 0) is 61.1 Å². The molecule has 0 aromatic heterocycles. The van der Waals surface area contributed by atoms with E-state index in [0.29, 0.717) is 12.1 Å². The zero-order chi connectivity index (χ0) is 26.2. The molecular weight excluding hydrogens is 452 g/mol. The molecule has 4 rings (SSSR count). The predicted octanol–water partition coefficient (Wildman–Crippen LogP) is 3.65. The van der Waals surface area contributed by atoms with Crippen LogP contribution in [0.15, 0.2) is 48.0 Å². The summed E-state index contributed by atoms with van der Waals surface area (Å²) < 4.78 is 5.80. The molecule has 6 nitrogen and oxygen atoms in total. The molecule has 2 atom stereocenters. The maximum absolute atomic E-state index is 13.4. The Bertz CT molecular complexity index is 1170. The van der Waals surface area contributed by atoms with Crippen LogP contribution in [0.4, 0.5) is 0 Å². The quantitative estimate of drug-likeness (QED) is 0.352. The van der Waals surface area contributed by atoms with Crippen LogP contribution in [0.3, 0.4) is 0 Å². The lowest BCUT2D eigenvalue weighted by molar-refractivity contribution is -0.895. The number of nitrogens with zero attached hydrogens (tertiary/aromatic N) is 1. The number of hydrogen-bond acceptors (Lipinski definition) is 4. The van der Waals surface area contributed by atoms with Crippen molar-refractivity contribution in [2.45, 2.75) is 65.5 Å². The van der Waals surface area contributed by atoms with Crippen LogP contribution in [0.2, 0.25) is 0 Å². The summed E-state index contributed by atoms with van der Waals surface area (Å²) in [5, 5.41) is 11.4. The van der Waals surface area contributed by atoms with Crippen LogP contribution in [-0.4, -0.2) is 54.0 Å². The lowest BCUT2D eigenvalue weighted by Crippen LogP contribution is -3.12. The molecule has 2 aromatic carbocycles. The van der Waals surface area contributed by atoms with Gasteiger partial charge in [0.25, 0.3) is 11.7 Å². The van der Waals surface area contributed by atoms with Gasteiger partial charge in [-0.3, -0.25) is 9.59 Å². The maximum atomic E-state index is 13.4. The number of quaternary nitrogens is 1. The molecule has 2 aliphatic heterocycles. The van der Waals surface area contributed by atoms with Crippen LogP contribution < -0.4 is 9.64 Å². The summed E-state index contributed by atoms with van der Waals surface area (Å²) in [6.45, 7) is 15.8. The third kappa shape index (κ3) is 4.92. The van der Waals surface area contributed by atoms with E-state index < -0.39 is 17.7 Å². The van der Waals surface area contributed by atoms with Gasteiger partial charge in [0.15, 0.2) is 0 Å². The van der Waals surface area contributed by atoms with E-state index in [-0.39, 0.29) is 22.9 Å². The van der Waals surface area contributed by atoms with Crippen LogP contribution >= 0.6 is 0 Å². The van der Waals surface area contributed by atoms with E-state index in [9.17, 15) is 14.7 Å². The van der Waals surface area contributed by atoms with Gasteiger partial charge in [-0.2, -0.15) is 0 Å². The smallest absolute Gasteiger partial charge is 0.295 e. The number of aliphatic hydroxyl groups is 1. The highest BCUT2D eigenvalue weighted by molar-refractivity contribution is 6.46. The summed E-state index contributed by atoms with van der Waals surface area (Å²) in [6, 6.07) is 12.9. The number of carbonyl (C=O) groups is 2. The van der Waals surface area contributed by atoms with Gasteiger partial charge in [-0.25, -0.2) is 0 Å². The molecule has 2 N–H and O–H groups in total. The Balaban J connectivity index is 1.79. The van der Waals surface area contributed by atoms with Gasteiger partial charge in [-0.1, -0.05) is 45.0 Å². The largest absolute Gasteiger partial charge is 0.507 e. The highest BCUT2D eigenvalue weighted by Crippen LogP contribution is 2.40. The van der Waals surface area contributed by atoms with Crippen molar-refractivity contribution in [1.82, 2.24) is 4.90 Å². The zero-order valence-electron chi connectivity index (χ0n) is 22.4. The van der Waals surface area contributed by atoms with E-state index >= 15 is 0 Å². The number of ether oxygens (including phenoxy) is 1. The second-order valence-corrected chi connectivity index (χ2v) is 11.0. The van der Waals surface area contributed by atoms with Crippen LogP contribution in [0.5, 0.6) is 5.75 Å². The molecule has 1 fully saturated rings. The van der Waals surface area contributed by atoms with Crippen LogP contribution in [0.1, 0.15) is 69.8 Å². The highest BCUT2D eigenvalue weighted by atomic mass is 16.5. The molecule has 0 radical (unpaired) electrons. The van der Waals surface area contributed by atoms with Gasteiger partial charge in [0.2, 0.25) is 0 Å². The summed E-state index contributed by atoms with van der Waals surface area (Å²) in [4.78, 5) is 29.6. The van der Waals surface area contributed by atoms with Gasteiger partial charge >= 0.3 is 0 Å². The molecule has 0 spiro atoms. The van der Waals surface area contributed by atoms with Crippen molar-refractivity contribution < 1.29 is 24.3 Å². The normalized spacial score (nSPS) is 21.2. The summed E-state index contributed by atoms with van der Waals surface area (Å²) in [6.07, 6.45) is 0.821. The first kappa shape index (κ1) is 26.0. The van der Waals surface area contributed by atoms with E-state index in [4.69, 9.17) is 4.74 Å². The molecule has 2 heterocycles. The lowest BCUT2D eigenvalue weighted by atomic mass is 9.85. The number of amides is 1. The minimum atomic E-state index is -0.628. The topological polar surface area (TPSA) is 71.3 Å². The fraction of sp³-hybridized carbons (Fsp3) is 0.467. The number of aliphatic hydroxyl groups excluding tert-OH is 1. The number of benzene rings is 2. The number of Topliss-reactive ketones (excluding diaryl/α,β-unsaturated/α-hetero) is 1. The van der Waals surface area contributed by atoms with Crippen LogP contribution in [0.25, 0.3) is 5.76 Å². The summed E-state index contributed by atoms with van der Waals surface area (Å²) in [5.74, 6) is -0.502. The number of likely N-dealkylation sites (tertiary alicyclic amines) is 1. The van der Waals surface area contributed by atoms with Gasteiger partial charge in [0.05, 0.1) is 37.8 Å². The number of fused-ring (bicyclic) bond motifs is 1. The van der Waals surface area contributed by atoms with Crippen molar-refractivity contribution >= 4 is 17.4 Å². The molecular formula is C30H39N2O4+. The van der Waals surface area contributed by atoms with Crippen molar-refractivity contribution in [2.75, 3.05) is 26.2 Å². The standard InChI is InChI=1S/C30H38N2O4/c1-7-31(8-2)15-16-32-26(20-9-12-23(13-10-20)30(4,5)6)25(28(34)29(32)35)27(33)21-11-14-24-22(18-21)17-19(3)36-24/h9-14,18-19,26,33H,7-8,15-17H2,1-6H3/p+1/t19-,26+/m0/s1. The Labute approximate surface area is 214 Å². The Morgan fingerprint density at radius 3 is 2.36 bits per heavy atom. The second kappa shape index (κ2) is 10.1. The van der Waals surface area contributed by atoms with E-state index in [0.717, 1.165) is 42.9 Å². The molecule has 1 amide bonds. The molecule has 2 aliphatic rings. The fourth-order valence-electron chi connectivity index (χ4n) is 5.23. The zero-order valence-corrected chi connectivity index (χ0v) is 22.4. The van der Waals surface area contributed by atoms with E-state index in [1.54, 1.807) is 11.0 Å². The molecule has 0 bridgehead atoms. The Hall–Kier alpha value is -3.12. The van der Waals surface area contributed by atoms with Crippen LogP contribution in [-0.2, 0) is 21.4 Å². The number of carbonyl (C=O) groups excluding carboxylic acids is 2. The lowest BCUT2D eigenvalue weighted by Gasteiger charge is -2.27. The Kier molecular flexibility index (Phi) is 7.28. The minimum Gasteiger partial charge on any atom is -0.507 e. The number of nitrogens with one attached hydrogen (secondary N) is 1. The Morgan fingerprint density at radius 1 is 1.08 bits per heavy atom. The first-order valence-electron chi connectivity index (χ1n) is 13.1.